The number of halogens is 2. The summed E-state index contributed by atoms with van der Waals surface area (Å²) < 4.78 is 12.5. The molecule has 0 aliphatic carbocycles. The molecule has 0 atom stereocenters. The van der Waals surface area contributed by atoms with Crippen LogP contribution in [0.2, 0.25) is 10.0 Å². The molecule has 2 aromatic heterocycles. The zero-order valence-corrected chi connectivity index (χ0v) is 27.0. The van der Waals surface area contributed by atoms with Crippen molar-refractivity contribution in [3.8, 4) is 22.6 Å². The van der Waals surface area contributed by atoms with Gasteiger partial charge in [0.25, 0.3) is 5.56 Å². The van der Waals surface area contributed by atoms with Crippen molar-refractivity contribution in [3.63, 3.8) is 0 Å². The third-order valence-electron chi connectivity index (χ3n) is 8.09. The summed E-state index contributed by atoms with van der Waals surface area (Å²) in [5.74, 6) is 1.35. The van der Waals surface area contributed by atoms with Crippen molar-refractivity contribution in [2.24, 2.45) is 5.92 Å². The molecule has 1 saturated heterocycles. The van der Waals surface area contributed by atoms with Gasteiger partial charge in [-0.2, -0.15) is 4.98 Å². The Morgan fingerprint density at radius 2 is 1.76 bits per heavy atom. The number of hydrogen-bond donors (Lipinski definition) is 2. The number of ether oxygens (including phenoxy) is 2. The first-order valence-corrected chi connectivity index (χ1v) is 15.4. The average molecular weight is 652 g/mol. The van der Waals surface area contributed by atoms with Crippen LogP contribution in [0.1, 0.15) is 18.4 Å². The molecule has 1 fully saturated rings. The number of rotatable bonds is 11. The Balaban J connectivity index is 1.54. The van der Waals surface area contributed by atoms with Gasteiger partial charge in [0.05, 0.1) is 29.8 Å². The van der Waals surface area contributed by atoms with E-state index in [1.54, 1.807) is 22.9 Å². The molecule has 0 unspecified atom stereocenters. The zero-order valence-electron chi connectivity index (χ0n) is 25.5. The Morgan fingerprint density at radius 3 is 2.38 bits per heavy atom. The first-order valence-electron chi connectivity index (χ1n) is 14.7. The molecule has 4 aromatic rings. The van der Waals surface area contributed by atoms with E-state index in [9.17, 15) is 9.59 Å². The smallest absolute Gasteiger partial charge is 0.260 e. The SMILES string of the molecule is C=CC(=O)Nc1ccc(CCn2c(=O)c(-c3c(Cl)c(OC)cc(OC)c3Cl)cc3cnc(NCC4CCN(C)CC4)nc32)cc1. The van der Waals surface area contributed by atoms with Gasteiger partial charge in [-0.1, -0.05) is 41.9 Å². The molecule has 2 N–H and O–H groups in total. The van der Waals surface area contributed by atoms with Crippen LogP contribution in [-0.4, -0.2) is 66.2 Å². The van der Waals surface area contributed by atoms with Crippen molar-refractivity contribution < 1.29 is 14.3 Å². The van der Waals surface area contributed by atoms with Crippen molar-refractivity contribution >= 4 is 51.8 Å². The Labute approximate surface area is 272 Å². The summed E-state index contributed by atoms with van der Waals surface area (Å²) in [5.41, 5.74) is 2.36. The van der Waals surface area contributed by atoms with Crippen LogP contribution in [0.5, 0.6) is 11.5 Å². The van der Waals surface area contributed by atoms with Gasteiger partial charge in [0.15, 0.2) is 0 Å². The molecule has 1 aliphatic heterocycles. The second-order valence-electron chi connectivity index (χ2n) is 11.0. The standard InChI is InChI=1S/C33H36Cl2N6O4/c1-5-27(42)38-23-8-6-20(7-9-23)12-15-41-31-22(19-37-33(39-31)36-18-21-10-13-40(2)14-11-21)16-24(32(41)43)28-29(34)25(44-3)17-26(45-4)30(28)35/h5-9,16-17,19,21H,1,10-15,18H2,2-4H3,(H,38,42)(H,36,37,39). The molecule has 45 heavy (non-hydrogen) atoms. The molecule has 0 spiro atoms. The van der Waals surface area contributed by atoms with E-state index < -0.39 is 0 Å². The summed E-state index contributed by atoms with van der Waals surface area (Å²) in [6, 6.07) is 10.7. The van der Waals surface area contributed by atoms with E-state index in [1.807, 2.05) is 24.3 Å². The van der Waals surface area contributed by atoms with Gasteiger partial charge in [-0.25, -0.2) is 4.98 Å². The van der Waals surface area contributed by atoms with Crippen molar-refractivity contribution in [2.45, 2.75) is 25.8 Å². The molecule has 1 amide bonds. The Bertz CT molecular complexity index is 1740. The van der Waals surface area contributed by atoms with Crippen molar-refractivity contribution in [2.75, 3.05) is 51.5 Å². The van der Waals surface area contributed by atoms with Gasteiger partial charge in [-0.15, -0.1) is 0 Å². The van der Waals surface area contributed by atoms with Gasteiger partial charge in [-0.05, 0) is 75.2 Å². The number of piperidine rings is 1. The molecule has 0 radical (unpaired) electrons. The van der Waals surface area contributed by atoms with E-state index in [4.69, 9.17) is 37.7 Å². The fourth-order valence-electron chi connectivity index (χ4n) is 5.44. The highest BCUT2D eigenvalue weighted by Gasteiger charge is 2.24. The van der Waals surface area contributed by atoms with Gasteiger partial charge in [0, 0.05) is 42.0 Å². The highest BCUT2D eigenvalue weighted by molar-refractivity contribution is 6.41. The normalized spacial score (nSPS) is 13.9. The summed E-state index contributed by atoms with van der Waals surface area (Å²) in [6.07, 6.45) is 5.64. The predicted molar refractivity (Wildman–Crippen MR) is 180 cm³/mol. The fraction of sp³-hybridized carbons (Fsp3) is 0.333. The molecular formula is C33H36Cl2N6O4. The van der Waals surface area contributed by atoms with Crippen LogP contribution in [0.4, 0.5) is 11.6 Å². The Kier molecular flexibility index (Phi) is 10.3. The number of anilines is 2. The number of fused-ring (bicyclic) bond motifs is 1. The van der Waals surface area contributed by atoms with Crippen LogP contribution in [0, 0.1) is 5.92 Å². The molecule has 5 rings (SSSR count). The van der Waals surface area contributed by atoms with E-state index in [2.05, 4.69) is 34.1 Å². The summed E-state index contributed by atoms with van der Waals surface area (Å²) in [4.78, 5) is 37.7. The number of amides is 1. The van der Waals surface area contributed by atoms with Gasteiger partial charge in [0.2, 0.25) is 11.9 Å². The third-order valence-corrected chi connectivity index (χ3v) is 8.84. The number of likely N-dealkylation sites (tertiary alicyclic amines) is 1. The number of aromatic nitrogens is 3. The Morgan fingerprint density at radius 1 is 1.09 bits per heavy atom. The maximum absolute atomic E-state index is 14.3. The molecule has 0 bridgehead atoms. The molecule has 10 nitrogen and oxygen atoms in total. The summed E-state index contributed by atoms with van der Waals surface area (Å²) >= 11 is 13.5. The predicted octanol–water partition coefficient (Wildman–Crippen LogP) is 5.90. The van der Waals surface area contributed by atoms with Crippen molar-refractivity contribution in [3.05, 3.63) is 81.2 Å². The summed E-state index contributed by atoms with van der Waals surface area (Å²) in [6.45, 7) is 6.68. The number of carbonyl (C=O) groups is 1. The molecular weight excluding hydrogens is 615 g/mol. The van der Waals surface area contributed by atoms with E-state index in [1.165, 1.54) is 20.3 Å². The number of nitrogens with one attached hydrogen (secondary N) is 2. The first kappa shape index (κ1) is 32.3. The van der Waals surface area contributed by atoms with E-state index in [-0.39, 0.29) is 27.1 Å². The highest BCUT2D eigenvalue weighted by Crippen LogP contribution is 2.45. The maximum atomic E-state index is 14.3. The largest absolute Gasteiger partial charge is 0.495 e. The van der Waals surface area contributed by atoms with E-state index in [0.29, 0.717) is 58.6 Å². The van der Waals surface area contributed by atoms with Gasteiger partial charge in [-0.3, -0.25) is 14.2 Å². The number of hydrogen-bond acceptors (Lipinski definition) is 8. The average Bonchev–Trinajstić information content (AvgIpc) is 3.05. The lowest BCUT2D eigenvalue weighted by Gasteiger charge is -2.28. The molecule has 3 heterocycles. The maximum Gasteiger partial charge on any atom is 0.260 e. The zero-order chi connectivity index (χ0) is 32.1. The number of benzene rings is 2. The molecule has 0 saturated carbocycles. The molecule has 12 heteroatoms. The monoisotopic (exact) mass is 650 g/mol. The van der Waals surface area contributed by atoms with Gasteiger partial charge < -0.3 is 25.0 Å². The fourth-order valence-corrected chi connectivity index (χ4v) is 6.15. The van der Waals surface area contributed by atoms with Crippen LogP contribution >= 0.6 is 23.2 Å². The molecule has 1 aliphatic rings. The lowest BCUT2D eigenvalue weighted by atomic mass is 9.97. The van der Waals surface area contributed by atoms with Crippen LogP contribution in [0.15, 0.2) is 60.0 Å². The van der Waals surface area contributed by atoms with E-state index in [0.717, 1.165) is 38.0 Å². The van der Waals surface area contributed by atoms with Gasteiger partial charge in [0.1, 0.15) is 17.1 Å². The number of pyridine rings is 1. The summed E-state index contributed by atoms with van der Waals surface area (Å²) in [7, 11) is 5.11. The van der Waals surface area contributed by atoms with E-state index >= 15 is 0 Å². The third kappa shape index (κ3) is 7.24. The quantitative estimate of drug-likeness (QED) is 0.193. The minimum atomic E-state index is -0.323. The lowest BCUT2D eigenvalue weighted by molar-refractivity contribution is -0.111. The topological polar surface area (TPSA) is 111 Å². The van der Waals surface area contributed by atoms with Crippen LogP contribution in [-0.2, 0) is 17.8 Å². The van der Waals surface area contributed by atoms with Crippen molar-refractivity contribution in [1.82, 2.24) is 19.4 Å². The second-order valence-corrected chi connectivity index (χ2v) is 11.8. The van der Waals surface area contributed by atoms with Gasteiger partial charge >= 0.3 is 0 Å². The van der Waals surface area contributed by atoms with Crippen LogP contribution in [0.25, 0.3) is 22.2 Å². The molecule has 2 aromatic carbocycles. The minimum Gasteiger partial charge on any atom is -0.495 e. The first-order chi connectivity index (χ1) is 21.7. The number of methoxy groups -OCH3 is 2. The molecule has 236 valence electrons. The van der Waals surface area contributed by atoms with Crippen LogP contribution in [0.3, 0.4) is 0 Å². The lowest BCUT2D eigenvalue weighted by Crippen LogP contribution is -2.33. The second kappa shape index (κ2) is 14.3. The highest BCUT2D eigenvalue weighted by atomic mass is 35.5. The summed E-state index contributed by atoms with van der Waals surface area (Å²) in [5, 5.41) is 7.17. The van der Waals surface area contributed by atoms with Crippen molar-refractivity contribution in [1.29, 1.82) is 0 Å². The Hall–Kier alpha value is -4.12. The number of carbonyl (C=O) groups excluding carboxylic acids is 1. The minimum absolute atomic E-state index is 0.195. The number of aryl methyl sites for hydroxylation is 2. The number of nitrogens with zero attached hydrogens (tertiary/aromatic N) is 4. The van der Waals surface area contributed by atoms with Crippen LogP contribution < -0.4 is 25.7 Å².